The number of aromatic hydroxyl groups is 1. The Morgan fingerprint density at radius 1 is 0.781 bits per heavy atom. The molecule has 1 heterocycles. The summed E-state index contributed by atoms with van der Waals surface area (Å²) in [6.07, 6.45) is -6.47. The van der Waals surface area contributed by atoms with E-state index in [2.05, 4.69) is 31.9 Å². The van der Waals surface area contributed by atoms with Crippen molar-refractivity contribution in [3.05, 3.63) is 60.2 Å². The Hall–Kier alpha value is -6.20. The lowest BCUT2D eigenvalue weighted by molar-refractivity contribution is -0.283. The number of anilines is 1. The van der Waals surface area contributed by atoms with Gasteiger partial charge in [-0.3, -0.25) is 38.4 Å². The third-order valence-electron chi connectivity index (χ3n) is 9.93. The number of hydrogen-bond acceptors (Lipinski definition) is 14. The van der Waals surface area contributed by atoms with Gasteiger partial charge < -0.3 is 72.9 Å². The van der Waals surface area contributed by atoms with Gasteiger partial charge in [-0.05, 0) is 69.4 Å². The molecule has 2 aromatic carbocycles. The molecule has 9 atom stereocenters. The fraction of sp³-hybridized carbons (Fsp3) is 0.524. The molecular formula is C42H60N8O14. The van der Waals surface area contributed by atoms with Crippen LogP contribution in [0.3, 0.4) is 0 Å². The first kappa shape index (κ1) is 52.1. The second-order valence-electron chi connectivity index (χ2n) is 15.2. The number of aliphatic hydroxyl groups excluding tert-OH is 2. The monoisotopic (exact) mass is 900 g/mol. The van der Waals surface area contributed by atoms with E-state index < -0.39 is 96.9 Å². The Balaban J connectivity index is 1.44. The highest BCUT2D eigenvalue weighted by atomic mass is 16.7. The predicted molar refractivity (Wildman–Crippen MR) is 227 cm³/mol. The van der Waals surface area contributed by atoms with Gasteiger partial charge in [0.1, 0.15) is 54.3 Å². The molecule has 0 unspecified atom stereocenters. The fourth-order valence-electron chi connectivity index (χ4n) is 6.40. The van der Waals surface area contributed by atoms with Crippen LogP contribution in [-0.2, 0) is 59.2 Å². The first-order valence-electron chi connectivity index (χ1n) is 20.7. The molecule has 13 N–H and O–H groups in total. The third kappa shape index (κ3) is 17.9. The predicted octanol–water partition coefficient (Wildman–Crippen LogP) is -1.80. The van der Waals surface area contributed by atoms with Gasteiger partial charge in [-0.15, -0.1) is 0 Å². The van der Waals surface area contributed by atoms with Crippen molar-refractivity contribution >= 4 is 52.9 Å². The van der Waals surface area contributed by atoms with Gasteiger partial charge >= 0.3 is 0 Å². The Morgan fingerprint density at radius 3 is 2.05 bits per heavy atom. The number of primary amides is 2. The molecule has 1 aliphatic heterocycles. The molecule has 22 nitrogen and oxygen atoms in total. The number of unbranched alkanes of at least 4 members (excludes halogenated alkanes) is 1. The minimum atomic E-state index is -1.53. The highest BCUT2D eigenvalue weighted by Crippen LogP contribution is 2.26. The number of ether oxygens (including phenoxy) is 3. The largest absolute Gasteiger partial charge is 0.508 e. The van der Waals surface area contributed by atoms with E-state index in [1.165, 1.54) is 45.0 Å². The summed E-state index contributed by atoms with van der Waals surface area (Å²) in [5, 5.41) is 45.5. The summed E-state index contributed by atoms with van der Waals surface area (Å²) in [6, 6.07) is 10.0. The molecule has 1 aliphatic rings. The number of nitrogens with two attached hydrogens (primary N) is 2. The molecule has 352 valence electrons. The summed E-state index contributed by atoms with van der Waals surface area (Å²) < 4.78 is 17.6. The van der Waals surface area contributed by atoms with Crippen LogP contribution in [-0.4, -0.2) is 131 Å². The minimum absolute atomic E-state index is 0.0394. The van der Waals surface area contributed by atoms with Crippen molar-refractivity contribution < 1.29 is 67.9 Å². The van der Waals surface area contributed by atoms with Crippen molar-refractivity contribution in [3.8, 4) is 5.75 Å². The van der Waals surface area contributed by atoms with Gasteiger partial charge in [0.2, 0.25) is 47.3 Å². The molecule has 22 heteroatoms. The Kier molecular flexibility index (Phi) is 21.5. The van der Waals surface area contributed by atoms with E-state index in [0.29, 0.717) is 18.5 Å². The van der Waals surface area contributed by atoms with Gasteiger partial charge in [0.15, 0.2) is 6.29 Å². The van der Waals surface area contributed by atoms with E-state index in [1.807, 2.05) is 6.07 Å². The van der Waals surface area contributed by atoms with Crippen molar-refractivity contribution in [3.63, 3.8) is 0 Å². The number of aliphatic hydroxyl groups is 2. The van der Waals surface area contributed by atoms with Gasteiger partial charge in [-0.2, -0.15) is 0 Å². The smallest absolute Gasteiger partial charge is 0.249 e. The summed E-state index contributed by atoms with van der Waals surface area (Å²) >= 11 is 0. The second kappa shape index (κ2) is 26.4. The highest BCUT2D eigenvalue weighted by molar-refractivity contribution is 5.94. The standard InChI is InChI=1S/C42H60N8O14/c1-23(46-41(61)24(2)63-37-35(47-25(3)52)42(64-31(21-51)36(37)57)62-22-26-9-5-4-6-10-26)40(60)50-30(39(44)59)16-17-34(56)49-29(38(43)58)11-7-8-20-45-32(54)18-19-33(55)48-27-12-14-28(53)15-13-27/h4-6,9-10,12-15,23-24,29-31,35-37,42,51,53,57H,7-8,11,16-22H2,1-3H3,(H2,43,58)(H2,44,59)(H,45,54)(H,46,61)(H,47,52)(H,48,55)(H,49,56)(H,50,60)/t23-,24+,29-,30+,31+,35+,36+,37+,42-/m0/s1. The van der Waals surface area contributed by atoms with Gasteiger partial charge in [-0.1, -0.05) is 30.3 Å². The van der Waals surface area contributed by atoms with Crippen LogP contribution in [0, 0.1) is 0 Å². The molecule has 1 saturated heterocycles. The van der Waals surface area contributed by atoms with E-state index in [-0.39, 0.29) is 62.8 Å². The van der Waals surface area contributed by atoms with Crippen LogP contribution < -0.4 is 43.4 Å². The number of rotatable bonds is 26. The second-order valence-corrected chi connectivity index (χ2v) is 15.2. The van der Waals surface area contributed by atoms with E-state index in [1.54, 1.807) is 24.3 Å². The Labute approximate surface area is 369 Å². The molecule has 0 bridgehead atoms. The first-order chi connectivity index (χ1) is 30.4. The zero-order valence-corrected chi connectivity index (χ0v) is 36.0. The molecule has 64 heavy (non-hydrogen) atoms. The minimum Gasteiger partial charge on any atom is -0.508 e. The number of hydrogen-bond donors (Lipinski definition) is 11. The lowest BCUT2D eigenvalue weighted by Crippen LogP contribution is -2.66. The maximum absolute atomic E-state index is 13.2. The van der Waals surface area contributed by atoms with Crippen LogP contribution in [0.1, 0.15) is 71.3 Å². The lowest BCUT2D eigenvalue weighted by Gasteiger charge is -2.44. The molecule has 0 saturated carbocycles. The van der Waals surface area contributed by atoms with Crippen LogP contribution >= 0.6 is 0 Å². The average Bonchev–Trinajstić information content (AvgIpc) is 3.25. The number of amides is 8. The van der Waals surface area contributed by atoms with Gasteiger partial charge in [0.05, 0.1) is 13.2 Å². The number of benzene rings is 2. The SMILES string of the molecule is CC(=O)N[C@H]1[C@@H](OCc2ccccc2)O[C@H](CO)[C@@H](O)[C@@H]1O[C@H](C)C(=O)N[C@@H](C)C(=O)N[C@H](CCC(=O)N[C@@H](CCCCNC(=O)CCC(=O)Nc1ccc(O)cc1)C(N)=O)C(N)=O. The molecule has 0 aromatic heterocycles. The van der Waals surface area contributed by atoms with Crippen LogP contribution in [0.25, 0.3) is 0 Å². The Morgan fingerprint density at radius 2 is 1.42 bits per heavy atom. The molecule has 0 radical (unpaired) electrons. The molecule has 0 spiro atoms. The van der Waals surface area contributed by atoms with Crippen LogP contribution in [0.4, 0.5) is 5.69 Å². The summed E-state index contributed by atoms with van der Waals surface area (Å²) in [5.41, 5.74) is 12.2. The van der Waals surface area contributed by atoms with Crippen molar-refractivity contribution in [2.24, 2.45) is 11.5 Å². The van der Waals surface area contributed by atoms with E-state index in [4.69, 9.17) is 25.7 Å². The number of phenolic OH excluding ortho intramolecular Hbond substituents is 1. The summed E-state index contributed by atoms with van der Waals surface area (Å²) in [4.78, 5) is 99.8. The Bertz CT molecular complexity index is 1890. The maximum atomic E-state index is 13.2. The van der Waals surface area contributed by atoms with E-state index in [9.17, 15) is 53.7 Å². The maximum Gasteiger partial charge on any atom is 0.249 e. The van der Waals surface area contributed by atoms with Crippen molar-refractivity contribution in [2.75, 3.05) is 18.5 Å². The average molecular weight is 901 g/mol. The normalized spacial score (nSPS) is 20.0. The van der Waals surface area contributed by atoms with E-state index in [0.717, 1.165) is 5.56 Å². The molecule has 0 aliphatic carbocycles. The van der Waals surface area contributed by atoms with Gasteiger partial charge in [0.25, 0.3) is 0 Å². The number of nitrogens with one attached hydrogen (secondary N) is 6. The zero-order valence-electron chi connectivity index (χ0n) is 36.0. The third-order valence-corrected chi connectivity index (χ3v) is 9.93. The zero-order chi connectivity index (χ0) is 47.3. The molecule has 8 amide bonds. The van der Waals surface area contributed by atoms with Crippen molar-refractivity contribution in [1.29, 1.82) is 0 Å². The molecule has 2 aromatic rings. The van der Waals surface area contributed by atoms with Crippen molar-refractivity contribution in [2.45, 2.75) is 127 Å². The van der Waals surface area contributed by atoms with Crippen LogP contribution in [0.5, 0.6) is 5.75 Å². The van der Waals surface area contributed by atoms with E-state index >= 15 is 0 Å². The molecule has 3 rings (SSSR count). The first-order valence-corrected chi connectivity index (χ1v) is 20.7. The van der Waals surface area contributed by atoms with Crippen LogP contribution in [0.15, 0.2) is 54.6 Å². The highest BCUT2D eigenvalue weighted by Gasteiger charge is 2.48. The molecule has 1 fully saturated rings. The van der Waals surface area contributed by atoms with Gasteiger partial charge in [0, 0.05) is 38.4 Å². The summed E-state index contributed by atoms with van der Waals surface area (Å²) in [5.74, 6) is -5.36. The van der Waals surface area contributed by atoms with Crippen LogP contribution in [0.2, 0.25) is 0 Å². The number of carbonyl (C=O) groups is 8. The topological polar surface area (TPSA) is 349 Å². The summed E-state index contributed by atoms with van der Waals surface area (Å²) in [6.45, 7) is 3.49. The fourth-order valence-corrected chi connectivity index (χ4v) is 6.40. The van der Waals surface area contributed by atoms with Gasteiger partial charge in [-0.25, -0.2) is 0 Å². The quantitative estimate of drug-likeness (QED) is 0.0367. The number of carbonyl (C=O) groups excluding carboxylic acids is 8. The van der Waals surface area contributed by atoms with Crippen molar-refractivity contribution in [1.82, 2.24) is 26.6 Å². The molecular weight excluding hydrogens is 841 g/mol. The number of phenols is 1. The summed E-state index contributed by atoms with van der Waals surface area (Å²) in [7, 11) is 0. The lowest BCUT2D eigenvalue weighted by atomic mass is 9.96.